The summed E-state index contributed by atoms with van der Waals surface area (Å²) in [5.74, 6) is 1.67. The monoisotopic (exact) mass is 216 g/mol. The number of H-pyrrole nitrogens is 1. The van der Waals surface area contributed by atoms with Gasteiger partial charge in [-0.25, -0.2) is 4.98 Å². The van der Waals surface area contributed by atoms with Gasteiger partial charge in [-0.2, -0.15) is 0 Å². The Kier molecular flexibility index (Phi) is 2.34. The topological polar surface area (TPSA) is 50.4 Å². The van der Waals surface area contributed by atoms with Crippen LogP contribution < -0.4 is 4.74 Å². The molecule has 0 radical (unpaired) electrons. The number of epoxide rings is 1. The minimum atomic E-state index is 0.268. The molecule has 2 aromatic rings. The van der Waals surface area contributed by atoms with E-state index in [1.165, 1.54) is 0 Å². The average molecular weight is 216 g/mol. The largest absolute Gasteiger partial charge is 0.490 e. The summed E-state index contributed by atoms with van der Waals surface area (Å²) in [4.78, 5) is 7.30. The molecular formula is C12H12N2O2. The molecule has 16 heavy (non-hydrogen) atoms. The van der Waals surface area contributed by atoms with E-state index in [4.69, 9.17) is 9.47 Å². The maximum atomic E-state index is 5.70. The molecule has 1 aromatic heterocycles. The molecule has 0 spiro atoms. The number of hydrogen-bond acceptors (Lipinski definition) is 3. The molecule has 2 heterocycles. The van der Waals surface area contributed by atoms with Gasteiger partial charge in [0.1, 0.15) is 24.3 Å². The van der Waals surface area contributed by atoms with E-state index in [2.05, 4.69) is 9.97 Å². The summed E-state index contributed by atoms with van der Waals surface area (Å²) in [6, 6.07) is 7.86. The highest BCUT2D eigenvalue weighted by Gasteiger charge is 2.23. The first-order chi connectivity index (χ1) is 7.93. The summed E-state index contributed by atoms with van der Waals surface area (Å²) in [6.45, 7) is 1.42. The number of aromatic amines is 1. The first-order valence-electron chi connectivity index (χ1n) is 5.26. The predicted octanol–water partition coefficient (Wildman–Crippen LogP) is 1.85. The number of nitrogens with one attached hydrogen (secondary N) is 1. The van der Waals surface area contributed by atoms with Crippen LogP contribution in [0.5, 0.6) is 5.75 Å². The molecule has 4 nitrogen and oxygen atoms in total. The molecule has 3 rings (SSSR count). The molecule has 0 amide bonds. The van der Waals surface area contributed by atoms with E-state index in [1.807, 2.05) is 24.3 Å². The van der Waals surface area contributed by atoms with Gasteiger partial charge in [-0.15, -0.1) is 0 Å². The molecule has 82 valence electrons. The van der Waals surface area contributed by atoms with Crippen LogP contribution in [-0.2, 0) is 4.74 Å². The van der Waals surface area contributed by atoms with Crippen molar-refractivity contribution in [3.8, 4) is 17.1 Å². The van der Waals surface area contributed by atoms with E-state index in [9.17, 15) is 0 Å². The van der Waals surface area contributed by atoms with Gasteiger partial charge in [-0.1, -0.05) is 12.1 Å². The highest BCUT2D eigenvalue weighted by molar-refractivity contribution is 5.63. The van der Waals surface area contributed by atoms with E-state index in [1.54, 1.807) is 12.4 Å². The van der Waals surface area contributed by atoms with Crippen molar-refractivity contribution in [2.24, 2.45) is 0 Å². The first-order valence-corrected chi connectivity index (χ1v) is 5.26. The Morgan fingerprint density at radius 2 is 2.31 bits per heavy atom. The molecule has 1 atom stereocenters. The second kappa shape index (κ2) is 3.98. The van der Waals surface area contributed by atoms with Gasteiger partial charge in [-0.3, -0.25) is 0 Å². The third-order valence-electron chi connectivity index (χ3n) is 2.47. The van der Waals surface area contributed by atoms with Crippen molar-refractivity contribution in [1.82, 2.24) is 9.97 Å². The lowest BCUT2D eigenvalue weighted by Gasteiger charge is -2.08. The van der Waals surface area contributed by atoms with Crippen molar-refractivity contribution in [2.75, 3.05) is 13.2 Å². The van der Waals surface area contributed by atoms with E-state index in [0.717, 1.165) is 23.7 Å². The summed E-state index contributed by atoms with van der Waals surface area (Å²) in [5.41, 5.74) is 0.980. The number of hydrogen-bond donors (Lipinski definition) is 1. The summed E-state index contributed by atoms with van der Waals surface area (Å²) < 4.78 is 10.8. The van der Waals surface area contributed by atoms with Crippen molar-refractivity contribution in [3.63, 3.8) is 0 Å². The van der Waals surface area contributed by atoms with Crippen molar-refractivity contribution in [3.05, 3.63) is 36.7 Å². The summed E-state index contributed by atoms with van der Waals surface area (Å²) in [6.07, 6.45) is 3.80. The Bertz CT molecular complexity index is 464. The second-order valence-corrected chi connectivity index (χ2v) is 3.70. The lowest BCUT2D eigenvalue weighted by Crippen LogP contribution is -2.05. The Morgan fingerprint density at radius 3 is 3.06 bits per heavy atom. The third-order valence-corrected chi connectivity index (χ3v) is 2.47. The average Bonchev–Trinajstić information content (AvgIpc) is 3.00. The van der Waals surface area contributed by atoms with Gasteiger partial charge >= 0.3 is 0 Å². The number of imidazole rings is 1. The zero-order valence-electron chi connectivity index (χ0n) is 8.72. The number of para-hydroxylation sites is 1. The standard InChI is InChI=1S/C12H12N2O2/c1-2-4-11(16-8-9-7-15-9)10(3-1)12-13-5-6-14-12/h1-6,9H,7-8H2,(H,13,14)/t9-/m0/s1. The maximum absolute atomic E-state index is 5.70. The van der Waals surface area contributed by atoms with Crippen molar-refractivity contribution in [2.45, 2.75) is 6.10 Å². The Hall–Kier alpha value is -1.81. The zero-order chi connectivity index (χ0) is 10.8. The van der Waals surface area contributed by atoms with Crippen LogP contribution in [0.1, 0.15) is 0 Å². The smallest absolute Gasteiger partial charge is 0.141 e. The lowest BCUT2D eigenvalue weighted by atomic mass is 10.2. The van der Waals surface area contributed by atoms with Gasteiger partial charge in [0.15, 0.2) is 0 Å². The van der Waals surface area contributed by atoms with Crippen LogP contribution in [0, 0.1) is 0 Å². The summed E-state index contributed by atoms with van der Waals surface area (Å²) in [7, 11) is 0. The third kappa shape index (κ3) is 1.92. The van der Waals surface area contributed by atoms with Crippen molar-refractivity contribution in [1.29, 1.82) is 0 Å². The Labute approximate surface area is 93.2 Å². The zero-order valence-corrected chi connectivity index (χ0v) is 8.72. The fraction of sp³-hybridized carbons (Fsp3) is 0.250. The SMILES string of the molecule is c1ccc(-c2ncc[nH]2)c(OC[C@@H]2CO2)c1. The maximum Gasteiger partial charge on any atom is 0.141 e. The molecule has 0 saturated carbocycles. The highest BCUT2D eigenvalue weighted by atomic mass is 16.6. The fourth-order valence-electron chi connectivity index (χ4n) is 1.55. The van der Waals surface area contributed by atoms with Gasteiger partial charge in [0, 0.05) is 12.4 Å². The molecule has 4 heteroatoms. The van der Waals surface area contributed by atoms with Crippen LogP contribution in [0.15, 0.2) is 36.7 Å². The molecule has 1 saturated heterocycles. The minimum Gasteiger partial charge on any atom is -0.490 e. The number of benzene rings is 1. The number of nitrogens with zero attached hydrogens (tertiary/aromatic N) is 1. The van der Waals surface area contributed by atoms with E-state index in [0.29, 0.717) is 6.61 Å². The van der Waals surface area contributed by atoms with Crippen LogP contribution in [0.25, 0.3) is 11.4 Å². The van der Waals surface area contributed by atoms with Crippen LogP contribution in [0.2, 0.25) is 0 Å². The van der Waals surface area contributed by atoms with Crippen molar-refractivity contribution < 1.29 is 9.47 Å². The van der Waals surface area contributed by atoms with E-state index >= 15 is 0 Å². The Morgan fingerprint density at radius 1 is 1.44 bits per heavy atom. The van der Waals surface area contributed by atoms with Gasteiger partial charge in [0.25, 0.3) is 0 Å². The van der Waals surface area contributed by atoms with Crippen LogP contribution in [-0.4, -0.2) is 29.3 Å². The van der Waals surface area contributed by atoms with Gasteiger partial charge in [-0.05, 0) is 12.1 Å². The van der Waals surface area contributed by atoms with E-state index < -0.39 is 0 Å². The van der Waals surface area contributed by atoms with Gasteiger partial charge in [0.2, 0.25) is 0 Å². The molecule has 1 N–H and O–H groups in total. The number of ether oxygens (including phenoxy) is 2. The Balaban J connectivity index is 1.85. The number of rotatable bonds is 4. The molecule has 0 aliphatic carbocycles. The molecule has 1 aromatic carbocycles. The molecular weight excluding hydrogens is 204 g/mol. The van der Waals surface area contributed by atoms with Crippen LogP contribution in [0.3, 0.4) is 0 Å². The quantitative estimate of drug-likeness (QED) is 0.793. The van der Waals surface area contributed by atoms with E-state index in [-0.39, 0.29) is 6.10 Å². The first kappa shape index (κ1) is 9.42. The second-order valence-electron chi connectivity index (χ2n) is 3.70. The minimum absolute atomic E-state index is 0.268. The molecule has 0 bridgehead atoms. The summed E-state index contributed by atoms with van der Waals surface area (Å²) in [5, 5.41) is 0. The lowest BCUT2D eigenvalue weighted by molar-refractivity contribution is 0.264. The van der Waals surface area contributed by atoms with Gasteiger partial charge in [0.05, 0.1) is 12.2 Å². The van der Waals surface area contributed by atoms with Crippen LogP contribution in [0.4, 0.5) is 0 Å². The molecule has 1 fully saturated rings. The molecule has 1 aliphatic rings. The normalized spacial score (nSPS) is 18.4. The molecule has 0 unspecified atom stereocenters. The molecule has 1 aliphatic heterocycles. The summed E-state index contributed by atoms with van der Waals surface area (Å²) >= 11 is 0. The number of aromatic nitrogens is 2. The fourth-order valence-corrected chi connectivity index (χ4v) is 1.55. The highest BCUT2D eigenvalue weighted by Crippen LogP contribution is 2.27. The predicted molar refractivity (Wildman–Crippen MR) is 59.3 cm³/mol. The van der Waals surface area contributed by atoms with Crippen LogP contribution >= 0.6 is 0 Å². The van der Waals surface area contributed by atoms with Crippen molar-refractivity contribution >= 4 is 0 Å². The van der Waals surface area contributed by atoms with Gasteiger partial charge < -0.3 is 14.5 Å².